The van der Waals surface area contributed by atoms with Crippen LogP contribution in [0.1, 0.15) is 20.3 Å². The molecule has 1 fully saturated rings. The van der Waals surface area contributed by atoms with Crippen molar-refractivity contribution >= 4 is 0 Å². The van der Waals surface area contributed by atoms with Gasteiger partial charge in [-0.25, -0.2) is 0 Å². The molecule has 17 heavy (non-hydrogen) atoms. The second kappa shape index (κ2) is 6.56. The molecular formula is C11H20F3NO2. The molecule has 1 saturated heterocycles. The standard InChI is InChI=1S/C11H20F3NO2/c1-3-15-10(9-4-5-16-6-9)7-17-8(2)11(12,13)14/h8-10,15H,3-7H2,1-2H3. The Morgan fingerprint density at radius 3 is 2.65 bits per heavy atom. The lowest BCUT2D eigenvalue weighted by Crippen LogP contribution is -2.42. The van der Waals surface area contributed by atoms with Crippen LogP contribution in [0, 0.1) is 5.92 Å². The minimum absolute atomic E-state index is 0.0627. The summed E-state index contributed by atoms with van der Waals surface area (Å²) in [6.45, 7) is 5.03. The summed E-state index contributed by atoms with van der Waals surface area (Å²) in [6, 6.07) is -0.0627. The van der Waals surface area contributed by atoms with Crippen LogP contribution in [0.4, 0.5) is 13.2 Å². The number of nitrogens with one attached hydrogen (secondary N) is 1. The largest absolute Gasteiger partial charge is 0.414 e. The molecule has 102 valence electrons. The van der Waals surface area contributed by atoms with Gasteiger partial charge in [-0.05, 0) is 19.9 Å². The molecule has 1 aliphatic heterocycles. The molecule has 3 unspecified atom stereocenters. The summed E-state index contributed by atoms with van der Waals surface area (Å²) in [7, 11) is 0. The van der Waals surface area contributed by atoms with E-state index in [1.165, 1.54) is 0 Å². The molecule has 0 aliphatic carbocycles. The van der Waals surface area contributed by atoms with Gasteiger partial charge in [-0.2, -0.15) is 13.2 Å². The number of rotatable bonds is 6. The summed E-state index contributed by atoms with van der Waals surface area (Å²) in [4.78, 5) is 0. The van der Waals surface area contributed by atoms with Gasteiger partial charge in [-0.15, -0.1) is 0 Å². The Balaban J connectivity index is 2.38. The number of hydrogen-bond donors (Lipinski definition) is 1. The van der Waals surface area contributed by atoms with Gasteiger partial charge in [0.05, 0.1) is 13.2 Å². The maximum absolute atomic E-state index is 12.3. The fourth-order valence-electron chi connectivity index (χ4n) is 1.84. The van der Waals surface area contributed by atoms with Gasteiger partial charge in [0.2, 0.25) is 0 Å². The van der Waals surface area contributed by atoms with E-state index in [-0.39, 0.29) is 18.6 Å². The van der Waals surface area contributed by atoms with E-state index in [1.807, 2.05) is 6.92 Å². The van der Waals surface area contributed by atoms with Crippen molar-refractivity contribution in [2.75, 3.05) is 26.4 Å². The molecule has 0 aromatic heterocycles. The maximum atomic E-state index is 12.3. The summed E-state index contributed by atoms with van der Waals surface area (Å²) in [5.41, 5.74) is 0. The van der Waals surface area contributed by atoms with E-state index in [1.54, 1.807) is 0 Å². The van der Waals surface area contributed by atoms with Gasteiger partial charge < -0.3 is 14.8 Å². The minimum atomic E-state index is -4.29. The highest BCUT2D eigenvalue weighted by Gasteiger charge is 2.38. The minimum Gasteiger partial charge on any atom is -0.381 e. The van der Waals surface area contributed by atoms with Crippen LogP contribution in [0.25, 0.3) is 0 Å². The van der Waals surface area contributed by atoms with Gasteiger partial charge in [-0.3, -0.25) is 0 Å². The van der Waals surface area contributed by atoms with Crippen LogP contribution >= 0.6 is 0 Å². The first-order chi connectivity index (χ1) is 7.95. The van der Waals surface area contributed by atoms with Crippen molar-refractivity contribution in [2.45, 2.75) is 38.6 Å². The first kappa shape index (κ1) is 14.7. The summed E-state index contributed by atoms with van der Waals surface area (Å²) >= 11 is 0. The van der Waals surface area contributed by atoms with Crippen molar-refractivity contribution < 1.29 is 22.6 Å². The smallest absolute Gasteiger partial charge is 0.381 e. The molecule has 1 aliphatic rings. The number of halogens is 3. The number of hydrogen-bond acceptors (Lipinski definition) is 3. The lowest BCUT2D eigenvalue weighted by atomic mass is 10.00. The van der Waals surface area contributed by atoms with Crippen LogP contribution in [-0.4, -0.2) is 44.7 Å². The Labute approximate surface area is 99.7 Å². The first-order valence-corrected chi connectivity index (χ1v) is 5.94. The Bertz CT molecular complexity index is 217. The summed E-state index contributed by atoms with van der Waals surface area (Å²) in [5.74, 6) is 0.246. The molecule has 0 saturated carbocycles. The Morgan fingerprint density at radius 1 is 1.47 bits per heavy atom. The second-order valence-corrected chi connectivity index (χ2v) is 4.31. The second-order valence-electron chi connectivity index (χ2n) is 4.31. The molecule has 1 N–H and O–H groups in total. The third-order valence-electron chi connectivity index (χ3n) is 2.99. The molecule has 1 heterocycles. The van der Waals surface area contributed by atoms with E-state index in [2.05, 4.69) is 5.32 Å². The Morgan fingerprint density at radius 2 is 2.18 bits per heavy atom. The van der Waals surface area contributed by atoms with E-state index in [0.717, 1.165) is 13.3 Å². The highest BCUT2D eigenvalue weighted by molar-refractivity contribution is 4.79. The van der Waals surface area contributed by atoms with Crippen LogP contribution in [-0.2, 0) is 9.47 Å². The van der Waals surface area contributed by atoms with Gasteiger partial charge in [0.1, 0.15) is 0 Å². The molecule has 1 rings (SSSR count). The Kier molecular flexibility index (Phi) is 5.69. The highest BCUT2D eigenvalue weighted by atomic mass is 19.4. The lowest BCUT2D eigenvalue weighted by molar-refractivity contribution is -0.216. The monoisotopic (exact) mass is 255 g/mol. The average molecular weight is 255 g/mol. The molecule has 0 bridgehead atoms. The zero-order valence-corrected chi connectivity index (χ0v) is 10.2. The fraction of sp³-hybridized carbons (Fsp3) is 1.00. The molecule has 0 radical (unpaired) electrons. The lowest BCUT2D eigenvalue weighted by Gasteiger charge is -2.25. The number of alkyl halides is 3. The molecule has 6 heteroatoms. The Hall–Kier alpha value is -0.330. The number of likely N-dealkylation sites (N-methyl/N-ethyl adjacent to an activating group) is 1. The van der Waals surface area contributed by atoms with E-state index in [0.29, 0.717) is 19.8 Å². The number of ether oxygens (including phenoxy) is 2. The van der Waals surface area contributed by atoms with E-state index in [4.69, 9.17) is 9.47 Å². The SMILES string of the molecule is CCNC(COC(C)C(F)(F)F)C1CCOC1. The van der Waals surface area contributed by atoms with E-state index < -0.39 is 12.3 Å². The zero-order valence-electron chi connectivity index (χ0n) is 10.2. The summed E-state index contributed by atoms with van der Waals surface area (Å²) in [5, 5.41) is 3.16. The van der Waals surface area contributed by atoms with E-state index >= 15 is 0 Å². The van der Waals surface area contributed by atoms with Gasteiger partial charge in [-0.1, -0.05) is 6.92 Å². The maximum Gasteiger partial charge on any atom is 0.414 e. The third kappa shape index (κ3) is 4.81. The van der Waals surface area contributed by atoms with Crippen LogP contribution < -0.4 is 5.32 Å². The van der Waals surface area contributed by atoms with Crippen molar-refractivity contribution in [3.63, 3.8) is 0 Å². The average Bonchev–Trinajstić information content (AvgIpc) is 2.75. The molecule has 0 spiro atoms. The van der Waals surface area contributed by atoms with Gasteiger partial charge in [0, 0.05) is 18.6 Å². The normalized spacial score (nSPS) is 24.9. The van der Waals surface area contributed by atoms with Crippen LogP contribution in [0.5, 0.6) is 0 Å². The van der Waals surface area contributed by atoms with Crippen molar-refractivity contribution in [1.82, 2.24) is 5.32 Å². The fourth-order valence-corrected chi connectivity index (χ4v) is 1.84. The molecular weight excluding hydrogens is 235 g/mol. The van der Waals surface area contributed by atoms with Gasteiger partial charge in [0.15, 0.2) is 6.10 Å². The summed E-state index contributed by atoms with van der Waals surface area (Å²) in [6.07, 6.45) is -5.13. The van der Waals surface area contributed by atoms with Gasteiger partial charge in [0.25, 0.3) is 0 Å². The van der Waals surface area contributed by atoms with Crippen molar-refractivity contribution in [1.29, 1.82) is 0 Å². The van der Waals surface area contributed by atoms with Crippen molar-refractivity contribution in [3.8, 4) is 0 Å². The molecule has 0 aromatic rings. The molecule has 0 amide bonds. The predicted octanol–water partition coefficient (Wildman–Crippen LogP) is 1.97. The first-order valence-electron chi connectivity index (χ1n) is 5.94. The van der Waals surface area contributed by atoms with E-state index in [9.17, 15) is 13.2 Å². The van der Waals surface area contributed by atoms with Crippen molar-refractivity contribution in [2.24, 2.45) is 5.92 Å². The zero-order chi connectivity index (χ0) is 12.9. The topological polar surface area (TPSA) is 30.5 Å². The van der Waals surface area contributed by atoms with Crippen LogP contribution in [0.3, 0.4) is 0 Å². The molecule has 0 aromatic carbocycles. The van der Waals surface area contributed by atoms with Crippen molar-refractivity contribution in [3.05, 3.63) is 0 Å². The highest BCUT2D eigenvalue weighted by Crippen LogP contribution is 2.24. The third-order valence-corrected chi connectivity index (χ3v) is 2.99. The van der Waals surface area contributed by atoms with Crippen LogP contribution in [0.2, 0.25) is 0 Å². The summed E-state index contributed by atoms with van der Waals surface area (Å²) < 4.78 is 47.0. The molecule has 3 nitrogen and oxygen atoms in total. The predicted molar refractivity (Wildman–Crippen MR) is 57.9 cm³/mol. The van der Waals surface area contributed by atoms with Crippen LogP contribution in [0.15, 0.2) is 0 Å². The molecule has 3 atom stereocenters. The van der Waals surface area contributed by atoms with Gasteiger partial charge >= 0.3 is 6.18 Å². The quantitative estimate of drug-likeness (QED) is 0.787.